The van der Waals surface area contributed by atoms with Gasteiger partial charge in [0.2, 0.25) is 0 Å². The molecule has 8 nitrogen and oxygen atoms in total. The molecule has 0 spiro atoms. The second-order valence-corrected chi connectivity index (χ2v) is 7.10. The zero-order valence-electron chi connectivity index (χ0n) is 16.4. The number of pyridine rings is 1. The lowest BCUT2D eigenvalue weighted by Crippen LogP contribution is -2.29. The van der Waals surface area contributed by atoms with Gasteiger partial charge in [-0.25, -0.2) is 0 Å². The van der Waals surface area contributed by atoms with Crippen molar-refractivity contribution in [1.29, 1.82) is 0 Å². The number of non-ortho nitro benzene ring substituents is 1. The number of aliphatic hydroxyl groups excluding tert-OH is 1. The van der Waals surface area contributed by atoms with Crippen LogP contribution in [0.1, 0.15) is 22.7 Å². The molecule has 3 aromatic rings. The molecule has 1 amide bonds. The highest BCUT2D eigenvalue weighted by atomic mass is 16.6. The minimum atomic E-state index is -0.898. The van der Waals surface area contributed by atoms with Crippen LogP contribution < -0.4 is 4.90 Å². The molecular weight excluding hydrogens is 398 g/mol. The van der Waals surface area contributed by atoms with Crippen LogP contribution in [-0.2, 0) is 9.59 Å². The van der Waals surface area contributed by atoms with E-state index in [4.69, 9.17) is 0 Å². The number of carbonyl (C=O) groups excluding carboxylic acids is 2. The Morgan fingerprint density at radius 2 is 1.84 bits per heavy atom. The van der Waals surface area contributed by atoms with E-state index >= 15 is 0 Å². The average Bonchev–Trinajstić information content (AvgIpc) is 3.04. The van der Waals surface area contributed by atoms with Crippen LogP contribution in [0.2, 0.25) is 0 Å². The van der Waals surface area contributed by atoms with Gasteiger partial charge in [0.1, 0.15) is 5.76 Å². The zero-order valence-corrected chi connectivity index (χ0v) is 16.4. The van der Waals surface area contributed by atoms with Crippen molar-refractivity contribution in [2.45, 2.75) is 13.0 Å². The maximum atomic E-state index is 13.0. The van der Waals surface area contributed by atoms with Crippen molar-refractivity contribution in [3.05, 3.63) is 105 Å². The molecule has 0 aliphatic carbocycles. The van der Waals surface area contributed by atoms with Crippen LogP contribution in [0.25, 0.3) is 5.76 Å². The van der Waals surface area contributed by atoms with Gasteiger partial charge in [0.15, 0.2) is 0 Å². The van der Waals surface area contributed by atoms with Crippen LogP contribution in [0.15, 0.2) is 78.6 Å². The van der Waals surface area contributed by atoms with Crippen LogP contribution in [-0.4, -0.2) is 26.7 Å². The molecule has 2 heterocycles. The number of hydrogen-bond donors (Lipinski definition) is 1. The van der Waals surface area contributed by atoms with E-state index in [0.717, 1.165) is 5.56 Å². The van der Waals surface area contributed by atoms with Crippen molar-refractivity contribution in [3.63, 3.8) is 0 Å². The second kappa shape index (κ2) is 7.83. The highest BCUT2D eigenvalue weighted by Crippen LogP contribution is 2.42. The van der Waals surface area contributed by atoms with E-state index in [9.17, 15) is 24.8 Å². The van der Waals surface area contributed by atoms with Gasteiger partial charge < -0.3 is 5.11 Å². The lowest BCUT2D eigenvalue weighted by Gasteiger charge is -2.25. The molecule has 1 saturated heterocycles. The number of benzene rings is 2. The third kappa shape index (κ3) is 3.55. The summed E-state index contributed by atoms with van der Waals surface area (Å²) in [5.41, 5.74) is 1.90. The molecule has 8 heteroatoms. The van der Waals surface area contributed by atoms with Gasteiger partial charge in [-0.3, -0.25) is 29.6 Å². The predicted molar refractivity (Wildman–Crippen MR) is 113 cm³/mol. The van der Waals surface area contributed by atoms with Gasteiger partial charge in [-0.1, -0.05) is 18.2 Å². The lowest BCUT2D eigenvalue weighted by molar-refractivity contribution is -0.384. The van der Waals surface area contributed by atoms with Crippen molar-refractivity contribution in [2.75, 3.05) is 4.90 Å². The summed E-state index contributed by atoms with van der Waals surface area (Å²) in [4.78, 5) is 41.8. The average molecular weight is 415 g/mol. The number of nitro groups is 1. The Hall–Kier alpha value is -4.33. The Kier molecular flexibility index (Phi) is 5.04. The molecule has 1 aliphatic heterocycles. The summed E-state index contributed by atoms with van der Waals surface area (Å²) in [6, 6.07) is 14.8. The first kappa shape index (κ1) is 20.0. The summed E-state index contributed by atoms with van der Waals surface area (Å²) >= 11 is 0. The van der Waals surface area contributed by atoms with Gasteiger partial charge in [-0.15, -0.1) is 0 Å². The van der Waals surface area contributed by atoms with Gasteiger partial charge in [0.25, 0.3) is 17.4 Å². The molecule has 1 fully saturated rings. The molecule has 154 valence electrons. The number of carbonyl (C=O) groups is 2. The minimum Gasteiger partial charge on any atom is -0.507 e. The fourth-order valence-corrected chi connectivity index (χ4v) is 3.63. The molecule has 0 saturated carbocycles. The van der Waals surface area contributed by atoms with Crippen LogP contribution in [0.5, 0.6) is 0 Å². The first-order valence-electron chi connectivity index (χ1n) is 9.41. The van der Waals surface area contributed by atoms with Gasteiger partial charge in [-0.2, -0.15) is 0 Å². The first-order chi connectivity index (χ1) is 14.9. The fourth-order valence-electron chi connectivity index (χ4n) is 3.63. The summed E-state index contributed by atoms with van der Waals surface area (Å²) in [5.74, 6) is -2.02. The van der Waals surface area contributed by atoms with E-state index in [-0.39, 0.29) is 16.8 Å². The number of Topliss-reactive ketones (excluding diaryl/α,β-unsaturated/α-hetero) is 1. The molecule has 0 bridgehead atoms. The Labute approximate surface area is 177 Å². The molecule has 31 heavy (non-hydrogen) atoms. The van der Waals surface area contributed by atoms with E-state index < -0.39 is 28.4 Å². The summed E-state index contributed by atoms with van der Waals surface area (Å²) in [6.45, 7) is 1.87. The minimum absolute atomic E-state index is 0.103. The molecule has 1 N–H and O–H groups in total. The zero-order chi connectivity index (χ0) is 22.1. The van der Waals surface area contributed by atoms with Crippen LogP contribution in [0.4, 0.5) is 11.4 Å². The number of anilines is 1. The maximum Gasteiger partial charge on any atom is 0.300 e. The smallest absolute Gasteiger partial charge is 0.300 e. The van der Waals surface area contributed by atoms with Crippen molar-refractivity contribution >= 4 is 28.8 Å². The van der Waals surface area contributed by atoms with Crippen LogP contribution in [0.3, 0.4) is 0 Å². The molecular formula is C23H17N3O5. The molecule has 2 aromatic carbocycles. The summed E-state index contributed by atoms with van der Waals surface area (Å²) in [6.07, 6.45) is 3.10. The monoisotopic (exact) mass is 415 g/mol. The van der Waals surface area contributed by atoms with Crippen molar-refractivity contribution in [1.82, 2.24) is 4.98 Å². The number of aryl methyl sites for hydroxylation is 1. The van der Waals surface area contributed by atoms with E-state index in [1.54, 1.807) is 36.5 Å². The number of rotatable bonds is 4. The molecule has 1 aromatic heterocycles. The Bertz CT molecular complexity index is 1220. The standard InChI is InChI=1S/C23H17N3O5/c1-14-4-2-6-18(12-14)25-20(16-5-3-11-24-13-16)19(22(28)23(25)29)21(27)15-7-9-17(10-8-15)26(30)31/h2-13,20,27H,1H3/b21-19-. The highest BCUT2D eigenvalue weighted by molar-refractivity contribution is 6.51. The molecule has 1 unspecified atom stereocenters. The fraction of sp³-hybridized carbons (Fsp3) is 0.0870. The topological polar surface area (TPSA) is 114 Å². The largest absolute Gasteiger partial charge is 0.507 e. The molecule has 0 radical (unpaired) electrons. The van der Waals surface area contributed by atoms with E-state index in [1.165, 1.54) is 35.4 Å². The Morgan fingerprint density at radius 3 is 2.45 bits per heavy atom. The summed E-state index contributed by atoms with van der Waals surface area (Å²) < 4.78 is 0. The normalized spacial score (nSPS) is 17.7. The SMILES string of the molecule is Cc1cccc(N2C(=O)C(=O)/C(=C(\O)c3ccc([N+](=O)[O-])cc3)C2c2cccnc2)c1. The molecule has 1 aliphatic rings. The molecule has 1 atom stereocenters. The quantitative estimate of drug-likeness (QED) is 0.227. The second-order valence-electron chi connectivity index (χ2n) is 7.10. The summed E-state index contributed by atoms with van der Waals surface area (Å²) in [7, 11) is 0. The number of nitrogens with zero attached hydrogens (tertiary/aromatic N) is 3. The van der Waals surface area contributed by atoms with Crippen LogP contribution >= 0.6 is 0 Å². The Morgan fingerprint density at radius 1 is 1.10 bits per heavy atom. The van der Waals surface area contributed by atoms with Crippen molar-refractivity contribution in [2.24, 2.45) is 0 Å². The number of nitro benzene ring substituents is 1. The highest BCUT2D eigenvalue weighted by Gasteiger charge is 2.47. The number of aromatic nitrogens is 1. The van der Waals surface area contributed by atoms with Gasteiger partial charge in [0.05, 0.1) is 16.5 Å². The van der Waals surface area contributed by atoms with Gasteiger partial charge in [-0.05, 0) is 48.4 Å². The Balaban J connectivity index is 1.91. The number of amides is 1. The van der Waals surface area contributed by atoms with Crippen molar-refractivity contribution < 1.29 is 19.6 Å². The number of ketones is 1. The van der Waals surface area contributed by atoms with Gasteiger partial charge in [0, 0.05) is 35.8 Å². The van der Waals surface area contributed by atoms with E-state index in [1.807, 2.05) is 13.0 Å². The first-order valence-corrected chi connectivity index (χ1v) is 9.41. The number of hydrogen-bond acceptors (Lipinski definition) is 6. The van der Waals surface area contributed by atoms with Gasteiger partial charge >= 0.3 is 0 Å². The summed E-state index contributed by atoms with van der Waals surface area (Å²) in [5, 5.41) is 21.9. The third-order valence-electron chi connectivity index (χ3n) is 5.08. The van der Waals surface area contributed by atoms with E-state index in [0.29, 0.717) is 11.3 Å². The molecule has 4 rings (SSSR count). The third-order valence-corrected chi connectivity index (χ3v) is 5.08. The predicted octanol–water partition coefficient (Wildman–Crippen LogP) is 3.92. The van der Waals surface area contributed by atoms with Crippen LogP contribution in [0, 0.1) is 17.0 Å². The number of aliphatic hydroxyl groups is 1. The maximum absolute atomic E-state index is 13.0. The van der Waals surface area contributed by atoms with E-state index in [2.05, 4.69) is 4.98 Å². The van der Waals surface area contributed by atoms with Crippen molar-refractivity contribution in [3.8, 4) is 0 Å². The lowest BCUT2D eigenvalue weighted by atomic mass is 9.96.